The fourth-order valence-electron chi connectivity index (χ4n) is 2.89. The van der Waals surface area contributed by atoms with Crippen molar-refractivity contribution in [2.24, 2.45) is 0 Å². The summed E-state index contributed by atoms with van der Waals surface area (Å²) in [5.41, 5.74) is 2.23. The highest BCUT2D eigenvalue weighted by atomic mass is 16.5. The molecule has 0 bridgehead atoms. The first-order chi connectivity index (χ1) is 12.2. The molecule has 4 heteroatoms. The minimum Gasteiger partial charge on any atom is -0.491 e. The van der Waals surface area contributed by atoms with Crippen molar-refractivity contribution in [1.29, 1.82) is 0 Å². The van der Waals surface area contributed by atoms with Crippen LogP contribution in [0.1, 0.15) is 25.3 Å². The average Bonchev–Trinajstić information content (AvgIpc) is 3.12. The quantitative estimate of drug-likeness (QED) is 0.771. The Hall–Kier alpha value is -2.20. The largest absolute Gasteiger partial charge is 0.491 e. The topological polar surface area (TPSA) is 39.7 Å². The van der Waals surface area contributed by atoms with Crippen molar-refractivity contribution in [3.05, 3.63) is 54.1 Å². The molecule has 25 heavy (non-hydrogen) atoms. The van der Waals surface area contributed by atoms with E-state index in [1.165, 1.54) is 5.56 Å². The van der Waals surface area contributed by atoms with Gasteiger partial charge in [-0.15, -0.1) is 0 Å². The number of ether oxygens (including phenoxy) is 3. The molecule has 1 saturated heterocycles. The zero-order valence-electron chi connectivity index (χ0n) is 15.0. The highest BCUT2D eigenvalue weighted by Gasteiger charge is 2.16. The molecule has 1 aliphatic rings. The van der Waals surface area contributed by atoms with Crippen LogP contribution in [0.3, 0.4) is 0 Å². The first kappa shape index (κ1) is 17.6. The van der Waals surface area contributed by atoms with E-state index in [9.17, 15) is 0 Å². The molecule has 0 radical (unpaired) electrons. The summed E-state index contributed by atoms with van der Waals surface area (Å²) >= 11 is 0. The Morgan fingerprint density at radius 1 is 1.16 bits per heavy atom. The summed E-state index contributed by atoms with van der Waals surface area (Å²) in [4.78, 5) is 0. The van der Waals surface area contributed by atoms with Gasteiger partial charge in [0.1, 0.15) is 24.2 Å². The minimum atomic E-state index is 0.0678. The van der Waals surface area contributed by atoms with Gasteiger partial charge in [-0.3, -0.25) is 0 Å². The van der Waals surface area contributed by atoms with Gasteiger partial charge in [-0.1, -0.05) is 18.2 Å². The summed E-state index contributed by atoms with van der Waals surface area (Å²) in [6, 6.07) is 16.2. The van der Waals surface area contributed by atoms with E-state index in [1.807, 2.05) is 36.4 Å². The minimum absolute atomic E-state index is 0.0678. The van der Waals surface area contributed by atoms with Gasteiger partial charge in [-0.25, -0.2) is 0 Å². The van der Waals surface area contributed by atoms with Gasteiger partial charge in [0.05, 0.1) is 12.6 Å². The molecule has 0 saturated carbocycles. The summed E-state index contributed by atoms with van der Waals surface area (Å²) in [6.45, 7) is 6.33. The molecular weight excluding hydrogens is 314 g/mol. The van der Waals surface area contributed by atoms with Crippen LogP contribution < -0.4 is 14.8 Å². The monoisotopic (exact) mass is 341 g/mol. The van der Waals surface area contributed by atoms with Gasteiger partial charge in [0.15, 0.2) is 0 Å². The average molecular weight is 341 g/mol. The molecule has 1 N–H and O–H groups in total. The molecule has 1 heterocycles. The molecule has 134 valence electrons. The first-order valence-corrected chi connectivity index (χ1v) is 9.01. The molecule has 3 rings (SSSR count). The van der Waals surface area contributed by atoms with Crippen LogP contribution in [0.4, 0.5) is 5.69 Å². The van der Waals surface area contributed by atoms with Crippen LogP contribution in [0.5, 0.6) is 11.5 Å². The van der Waals surface area contributed by atoms with Gasteiger partial charge in [0.25, 0.3) is 0 Å². The van der Waals surface area contributed by atoms with Gasteiger partial charge in [0.2, 0.25) is 0 Å². The van der Waals surface area contributed by atoms with E-state index >= 15 is 0 Å². The predicted molar refractivity (Wildman–Crippen MR) is 101 cm³/mol. The number of anilines is 1. The summed E-state index contributed by atoms with van der Waals surface area (Å²) < 4.78 is 17.4. The standard InChI is InChI=1S/C21H27NO3/c1-16-6-3-9-20(12-16)25-17(2)14-22-18-7-4-8-19(13-18)24-15-21-10-5-11-23-21/h3-4,6-9,12-13,17,21-22H,5,10-11,14-15H2,1-2H3. The van der Waals surface area contributed by atoms with Crippen LogP contribution in [0.2, 0.25) is 0 Å². The zero-order valence-corrected chi connectivity index (χ0v) is 15.0. The second kappa shape index (κ2) is 8.77. The van der Waals surface area contributed by atoms with Crippen LogP contribution in [0.25, 0.3) is 0 Å². The van der Waals surface area contributed by atoms with Crippen molar-refractivity contribution in [2.45, 2.75) is 38.9 Å². The van der Waals surface area contributed by atoms with Crippen molar-refractivity contribution in [1.82, 2.24) is 0 Å². The van der Waals surface area contributed by atoms with Crippen LogP contribution in [0, 0.1) is 6.92 Å². The molecule has 0 spiro atoms. The fraction of sp³-hybridized carbons (Fsp3) is 0.429. The van der Waals surface area contributed by atoms with Crippen molar-refractivity contribution in [2.75, 3.05) is 25.1 Å². The fourth-order valence-corrected chi connectivity index (χ4v) is 2.89. The molecule has 2 atom stereocenters. The van der Waals surface area contributed by atoms with E-state index in [2.05, 4.69) is 31.3 Å². The zero-order chi connectivity index (χ0) is 17.5. The highest BCUT2D eigenvalue weighted by Crippen LogP contribution is 2.20. The van der Waals surface area contributed by atoms with E-state index < -0.39 is 0 Å². The van der Waals surface area contributed by atoms with Crippen LogP contribution in [0.15, 0.2) is 48.5 Å². The Bertz CT molecular complexity index is 668. The maximum atomic E-state index is 5.95. The lowest BCUT2D eigenvalue weighted by atomic mass is 10.2. The first-order valence-electron chi connectivity index (χ1n) is 9.01. The molecule has 2 unspecified atom stereocenters. The van der Waals surface area contributed by atoms with E-state index in [0.717, 1.165) is 43.2 Å². The van der Waals surface area contributed by atoms with E-state index in [1.54, 1.807) is 0 Å². The van der Waals surface area contributed by atoms with Crippen molar-refractivity contribution in [3.8, 4) is 11.5 Å². The Morgan fingerprint density at radius 3 is 2.80 bits per heavy atom. The summed E-state index contributed by atoms with van der Waals surface area (Å²) in [6.07, 6.45) is 2.53. The van der Waals surface area contributed by atoms with Crippen LogP contribution >= 0.6 is 0 Å². The third kappa shape index (κ3) is 5.68. The third-order valence-electron chi connectivity index (χ3n) is 4.21. The number of aryl methyl sites for hydroxylation is 1. The van der Waals surface area contributed by atoms with Crippen LogP contribution in [-0.2, 0) is 4.74 Å². The second-order valence-electron chi connectivity index (χ2n) is 6.60. The molecule has 4 nitrogen and oxygen atoms in total. The maximum Gasteiger partial charge on any atom is 0.121 e. The maximum absolute atomic E-state index is 5.95. The van der Waals surface area contributed by atoms with Crippen LogP contribution in [-0.4, -0.2) is 32.0 Å². The van der Waals surface area contributed by atoms with Crippen molar-refractivity contribution >= 4 is 5.69 Å². The molecule has 1 aliphatic heterocycles. The lowest BCUT2D eigenvalue weighted by Crippen LogP contribution is -2.22. The van der Waals surface area contributed by atoms with Gasteiger partial charge in [-0.05, 0) is 56.5 Å². The van der Waals surface area contributed by atoms with E-state index in [4.69, 9.17) is 14.2 Å². The lowest BCUT2D eigenvalue weighted by molar-refractivity contribution is 0.0680. The highest BCUT2D eigenvalue weighted by molar-refractivity contribution is 5.48. The van der Waals surface area contributed by atoms with Gasteiger partial charge in [0, 0.05) is 18.4 Å². The molecular formula is C21H27NO3. The Labute approximate surface area is 150 Å². The van der Waals surface area contributed by atoms with E-state index in [-0.39, 0.29) is 12.2 Å². The smallest absolute Gasteiger partial charge is 0.121 e. The van der Waals surface area contributed by atoms with E-state index in [0.29, 0.717) is 6.61 Å². The van der Waals surface area contributed by atoms with Crippen molar-refractivity contribution in [3.63, 3.8) is 0 Å². The molecule has 0 amide bonds. The molecule has 2 aromatic carbocycles. The van der Waals surface area contributed by atoms with Gasteiger partial charge in [-0.2, -0.15) is 0 Å². The third-order valence-corrected chi connectivity index (χ3v) is 4.21. The van der Waals surface area contributed by atoms with Gasteiger partial charge < -0.3 is 19.5 Å². The number of benzene rings is 2. The summed E-state index contributed by atoms with van der Waals surface area (Å²) in [5.74, 6) is 1.77. The van der Waals surface area contributed by atoms with Gasteiger partial charge >= 0.3 is 0 Å². The second-order valence-corrected chi connectivity index (χ2v) is 6.60. The lowest BCUT2D eigenvalue weighted by Gasteiger charge is -2.17. The van der Waals surface area contributed by atoms with Crippen molar-refractivity contribution < 1.29 is 14.2 Å². The number of rotatable bonds is 8. The number of nitrogens with one attached hydrogen (secondary N) is 1. The predicted octanol–water partition coefficient (Wildman–Crippen LogP) is 4.43. The Balaban J connectivity index is 1.46. The SMILES string of the molecule is Cc1cccc(OC(C)CNc2cccc(OCC3CCCO3)c2)c1. The summed E-state index contributed by atoms with van der Waals surface area (Å²) in [7, 11) is 0. The molecule has 1 fully saturated rings. The summed E-state index contributed by atoms with van der Waals surface area (Å²) in [5, 5.41) is 3.41. The normalized spacial score (nSPS) is 17.9. The Morgan fingerprint density at radius 2 is 2.00 bits per heavy atom. The molecule has 0 aromatic heterocycles. The number of hydrogen-bond donors (Lipinski definition) is 1. The molecule has 2 aromatic rings. The molecule has 0 aliphatic carbocycles. The number of hydrogen-bond acceptors (Lipinski definition) is 4. The Kier molecular flexibility index (Phi) is 6.18.